The lowest BCUT2D eigenvalue weighted by molar-refractivity contribution is -0.153. The molecule has 0 aliphatic rings. The van der Waals surface area contributed by atoms with Crippen molar-refractivity contribution < 1.29 is 14.3 Å². The maximum Gasteiger partial charge on any atom is 0.307 e. The van der Waals surface area contributed by atoms with Gasteiger partial charge in [0.15, 0.2) is 6.10 Å². The summed E-state index contributed by atoms with van der Waals surface area (Å²) in [7, 11) is 1.63. The molecule has 0 spiro atoms. The van der Waals surface area contributed by atoms with E-state index in [4.69, 9.17) is 4.74 Å². The fourth-order valence-corrected chi connectivity index (χ4v) is 3.08. The van der Waals surface area contributed by atoms with Gasteiger partial charge in [-0.15, -0.1) is 0 Å². The number of aryl methyl sites for hydroxylation is 2. The summed E-state index contributed by atoms with van der Waals surface area (Å²) in [4.78, 5) is 41.4. The van der Waals surface area contributed by atoms with Crippen molar-refractivity contribution in [3.8, 4) is 0 Å². The Morgan fingerprint density at radius 1 is 1.13 bits per heavy atom. The van der Waals surface area contributed by atoms with Gasteiger partial charge in [0.2, 0.25) is 0 Å². The molecule has 156 valence electrons. The van der Waals surface area contributed by atoms with Crippen LogP contribution in [0.2, 0.25) is 0 Å². The van der Waals surface area contributed by atoms with Gasteiger partial charge in [0.1, 0.15) is 5.82 Å². The van der Waals surface area contributed by atoms with E-state index in [9.17, 15) is 14.4 Å². The molecule has 3 rings (SSSR count). The summed E-state index contributed by atoms with van der Waals surface area (Å²) in [6, 6.07) is 14.6. The van der Waals surface area contributed by atoms with E-state index in [1.165, 1.54) is 17.1 Å². The van der Waals surface area contributed by atoms with Crippen LogP contribution < -0.4 is 10.9 Å². The summed E-state index contributed by atoms with van der Waals surface area (Å²) in [5, 5.41) is 3.27. The Morgan fingerprint density at radius 2 is 1.83 bits per heavy atom. The highest BCUT2D eigenvalue weighted by molar-refractivity contribution is 5.95. The van der Waals surface area contributed by atoms with Crippen molar-refractivity contribution >= 4 is 28.5 Å². The van der Waals surface area contributed by atoms with Crippen molar-refractivity contribution in [2.24, 2.45) is 7.05 Å². The van der Waals surface area contributed by atoms with Crippen molar-refractivity contribution in [3.05, 3.63) is 70.3 Å². The van der Waals surface area contributed by atoms with E-state index in [1.807, 2.05) is 30.3 Å². The Balaban J connectivity index is 1.57. The van der Waals surface area contributed by atoms with Crippen molar-refractivity contribution in [1.82, 2.24) is 9.55 Å². The first-order valence-corrected chi connectivity index (χ1v) is 9.93. The zero-order valence-electron chi connectivity index (χ0n) is 17.3. The van der Waals surface area contributed by atoms with Gasteiger partial charge in [0.25, 0.3) is 11.5 Å². The fourth-order valence-electron chi connectivity index (χ4n) is 3.08. The zero-order valence-corrected chi connectivity index (χ0v) is 17.3. The monoisotopic (exact) mass is 407 g/mol. The molecule has 1 atom stereocenters. The van der Waals surface area contributed by atoms with Gasteiger partial charge in [0.05, 0.1) is 17.3 Å². The Morgan fingerprint density at radius 3 is 2.53 bits per heavy atom. The number of para-hydroxylation sites is 1. The third-order valence-electron chi connectivity index (χ3n) is 4.94. The molecule has 1 heterocycles. The second-order valence-electron chi connectivity index (χ2n) is 7.08. The number of amides is 1. The number of aromatic nitrogens is 2. The Labute approximate surface area is 174 Å². The number of fused-ring (bicyclic) bond motifs is 1. The zero-order chi connectivity index (χ0) is 21.7. The minimum absolute atomic E-state index is 0.0153. The summed E-state index contributed by atoms with van der Waals surface area (Å²) in [6.07, 6.45) is 0.237. The van der Waals surface area contributed by atoms with Crippen molar-refractivity contribution in [2.45, 2.75) is 39.2 Å². The van der Waals surface area contributed by atoms with Crippen LogP contribution in [0.15, 0.2) is 53.3 Å². The van der Waals surface area contributed by atoms with Crippen LogP contribution in [-0.2, 0) is 34.2 Å². The van der Waals surface area contributed by atoms with Gasteiger partial charge in [-0.05, 0) is 43.2 Å². The average molecular weight is 407 g/mol. The normalized spacial score (nSPS) is 11.8. The lowest BCUT2D eigenvalue weighted by Crippen LogP contribution is -2.30. The van der Waals surface area contributed by atoms with Gasteiger partial charge >= 0.3 is 5.97 Å². The SMILES string of the molecule is CCc1ccc(NC(=O)C(C)OC(=O)CCc2nc3ccccc3c(=O)n2C)cc1. The van der Waals surface area contributed by atoms with Gasteiger partial charge < -0.3 is 10.1 Å². The number of hydrogen-bond acceptors (Lipinski definition) is 5. The van der Waals surface area contributed by atoms with E-state index >= 15 is 0 Å². The van der Waals surface area contributed by atoms with Crippen LogP contribution in [0.3, 0.4) is 0 Å². The molecular weight excluding hydrogens is 382 g/mol. The summed E-state index contributed by atoms with van der Waals surface area (Å²) in [5.74, 6) is -0.436. The molecule has 7 nitrogen and oxygen atoms in total. The largest absolute Gasteiger partial charge is 0.453 e. The highest BCUT2D eigenvalue weighted by Gasteiger charge is 2.18. The molecule has 1 unspecified atom stereocenters. The number of anilines is 1. The lowest BCUT2D eigenvalue weighted by atomic mass is 10.1. The number of rotatable bonds is 7. The maximum atomic E-state index is 12.4. The predicted molar refractivity (Wildman–Crippen MR) is 115 cm³/mol. The molecule has 2 aromatic carbocycles. The molecule has 0 aliphatic carbocycles. The van der Waals surface area contributed by atoms with E-state index in [-0.39, 0.29) is 18.4 Å². The van der Waals surface area contributed by atoms with E-state index in [1.54, 1.807) is 25.2 Å². The number of carbonyl (C=O) groups is 2. The quantitative estimate of drug-likeness (QED) is 0.608. The molecule has 0 aliphatic heterocycles. The first-order chi connectivity index (χ1) is 14.4. The first kappa shape index (κ1) is 21.2. The molecular formula is C23H25N3O4. The predicted octanol–water partition coefficient (Wildman–Crippen LogP) is 3.00. The number of nitrogens with zero attached hydrogens (tertiary/aromatic N) is 2. The molecule has 0 radical (unpaired) electrons. The molecule has 1 N–H and O–H groups in total. The number of ether oxygens (including phenoxy) is 1. The highest BCUT2D eigenvalue weighted by atomic mass is 16.5. The molecule has 1 aromatic heterocycles. The van der Waals surface area contributed by atoms with Crippen LogP contribution in [-0.4, -0.2) is 27.5 Å². The number of carbonyl (C=O) groups excluding carboxylic acids is 2. The van der Waals surface area contributed by atoms with Gasteiger partial charge in [-0.25, -0.2) is 4.98 Å². The van der Waals surface area contributed by atoms with Crippen molar-refractivity contribution in [2.75, 3.05) is 5.32 Å². The first-order valence-electron chi connectivity index (χ1n) is 9.93. The molecule has 0 saturated heterocycles. The van der Waals surface area contributed by atoms with Crippen LogP contribution in [0.25, 0.3) is 10.9 Å². The standard InChI is InChI=1S/C23H25N3O4/c1-4-16-9-11-17(12-10-16)24-22(28)15(2)30-21(27)14-13-20-25-19-8-6-5-7-18(19)23(29)26(20)3/h5-12,15H,4,13-14H2,1-3H3,(H,24,28). The molecule has 0 saturated carbocycles. The maximum absolute atomic E-state index is 12.4. The van der Waals surface area contributed by atoms with Crippen LogP contribution in [0.4, 0.5) is 5.69 Å². The van der Waals surface area contributed by atoms with Crippen molar-refractivity contribution in [3.63, 3.8) is 0 Å². The average Bonchev–Trinajstić information content (AvgIpc) is 2.75. The minimum atomic E-state index is -0.934. The summed E-state index contributed by atoms with van der Waals surface area (Å²) < 4.78 is 6.68. The summed E-state index contributed by atoms with van der Waals surface area (Å²) in [6.45, 7) is 3.58. The number of benzene rings is 2. The Kier molecular flexibility index (Phi) is 6.61. The van der Waals surface area contributed by atoms with Crippen LogP contribution in [0.1, 0.15) is 31.7 Å². The number of nitrogens with one attached hydrogen (secondary N) is 1. The second kappa shape index (κ2) is 9.35. The van der Waals surface area contributed by atoms with E-state index in [0.29, 0.717) is 22.4 Å². The van der Waals surface area contributed by atoms with Gasteiger partial charge in [-0.2, -0.15) is 0 Å². The Bertz CT molecular complexity index is 1120. The molecule has 7 heteroatoms. The van der Waals surface area contributed by atoms with E-state index in [0.717, 1.165) is 6.42 Å². The third kappa shape index (κ3) is 4.92. The molecule has 0 bridgehead atoms. The number of hydrogen-bond donors (Lipinski definition) is 1. The molecule has 1 amide bonds. The molecule has 0 fully saturated rings. The molecule has 30 heavy (non-hydrogen) atoms. The minimum Gasteiger partial charge on any atom is -0.453 e. The lowest BCUT2D eigenvalue weighted by Gasteiger charge is -2.14. The fraction of sp³-hybridized carbons (Fsp3) is 0.304. The Hall–Kier alpha value is -3.48. The van der Waals surface area contributed by atoms with E-state index < -0.39 is 18.0 Å². The van der Waals surface area contributed by atoms with Crippen LogP contribution in [0.5, 0.6) is 0 Å². The third-order valence-corrected chi connectivity index (χ3v) is 4.94. The van der Waals surface area contributed by atoms with Crippen molar-refractivity contribution in [1.29, 1.82) is 0 Å². The van der Waals surface area contributed by atoms with Gasteiger partial charge in [0, 0.05) is 19.2 Å². The summed E-state index contributed by atoms with van der Waals surface area (Å²) >= 11 is 0. The summed E-state index contributed by atoms with van der Waals surface area (Å²) in [5.41, 5.74) is 2.25. The van der Waals surface area contributed by atoms with E-state index in [2.05, 4.69) is 17.2 Å². The number of esters is 1. The topological polar surface area (TPSA) is 90.3 Å². The smallest absolute Gasteiger partial charge is 0.307 e. The van der Waals surface area contributed by atoms with Crippen LogP contribution in [0, 0.1) is 0 Å². The highest BCUT2D eigenvalue weighted by Crippen LogP contribution is 2.12. The van der Waals surface area contributed by atoms with Gasteiger partial charge in [-0.3, -0.25) is 19.0 Å². The van der Waals surface area contributed by atoms with Crippen LogP contribution >= 0.6 is 0 Å². The second-order valence-corrected chi connectivity index (χ2v) is 7.08. The molecule has 3 aromatic rings. The van der Waals surface area contributed by atoms with Gasteiger partial charge in [-0.1, -0.05) is 31.2 Å².